The zero-order chi connectivity index (χ0) is 35.8. The predicted molar refractivity (Wildman–Crippen MR) is 162 cm³/mol. The summed E-state index contributed by atoms with van der Waals surface area (Å²) in [6, 6.07) is 6.57. The summed E-state index contributed by atoms with van der Waals surface area (Å²) in [4.78, 5) is 43.2. The number of carbonyl (C=O) groups is 3. The van der Waals surface area contributed by atoms with Crippen LogP contribution in [0.25, 0.3) is 10.9 Å². The van der Waals surface area contributed by atoms with Crippen LogP contribution < -0.4 is 16.4 Å². The fraction of sp³-hybridized carbons (Fsp3) is 0.600. The topological polar surface area (TPSA) is 195 Å². The predicted octanol–water partition coefficient (Wildman–Crippen LogP) is 5.21. The van der Waals surface area contributed by atoms with Crippen molar-refractivity contribution in [3.63, 3.8) is 0 Å². The third-order valence-electron chi connectivity index (χ3n) is 8.46. The Morgan fingerprint density at radius 2 is 1.42 bits per heavy atom. The summed E-state index contributed by atoms with van der Waals surface area (Å²) in [5, 5.41) is 29.6. The zero-order valence-corrected chi connectivity index (χ0v) is 26.1. The third kappa shape index (κ3) is 10.6. The number of benzene rings is 1. The van der Waals surface area contributed by atoms with E-state index >= 15 is 0 Å². The van der Waals surface area contributed by atoms with E-state index in [1.807, 2.05) is 12.1 Å². The van der Waals surface area contributed by atoms with Gasteiger partial charge < -0.3 is 31.5 Å². The molecule has 5 rings (SSSR count). The number of alkyl halides is 6. The Bertz CT molecular complexity index is 1450. The van der Waals surface area contributed by atoms with Crippen LogP contribution in [0.4, 0.5) is 32.2 Å². The lowest BCUT2D eigenvalue weighted by Crippen LogP contribution is -2.51. The number of likely N-dealkylation sites (tertiary alicyclic amines) is 1. The highest BCUT2D eigenvalue weighted by Crippen LogP contribution is 2.36. The van der Waals surface area contributed by atoms with Gasteiger partial charge in [-0.1, -0.05) is 37.3 Å². The van der Waals surface area contributed by atoms with Crippen molar-refractivity contribution >= 4 is 40.5 Å². The summed E-state index contributed by atoms with van der Waals surface area (Å²) in [6.45, 7) is 2.85. The van der Waals surface area contributed by atoms with Crippen molar-refractivity contribution in [3.05, 3.63) is 29.6 Å². The number of halogens is 6. The average Bonchev–Trinajstić information content (AvgIpc) is 3.01. The lowest BCUT2D eigenvalue weighted by atomic mass is 9.78. The van der Waals surface area contributed by atoms with Crippen LogP contribution in [0.2, 0.25) is 0 Å². The van der Waals surface area contributed by atoms with Crippen molar-refractivity contribution < 1.29 is 50.9 Å². The van der Waals surface area contributed by atoms with E-state index < -0.39 is 24.3 Å². The van der Waals surface area contributed by atoms with E-state index in [-0.39, 0.29) is 29.8 Å². The lowest BCUT2D eigenvalue weighted by molar-refractivity contribution is -0.193. The number of aryl methyl sites for hydroxylation is 1. The molecule has 48 heavy (non-hydrogen) atoms. The molecule has 1 amide bonds. The number of carboxylic acids is 2. The molecule has 2 aliphatic carbocycles. The fourth-order valence-electron chi connectivity index (χ4n) is 6.31. The summed E-state index contributed by atoms with van der Waals surface area (Å²) >= 11 is 0. The number of carbonyl (C=O) groups excluding carboxylic acids is 1. The first-order chi connectivity index (χ1) is 22.4. The maximum atomic E-state index is 13.7. The van der Waals surface area contributed by atoms with Gasteiger partial charge in [0, 0.05) is 30.1 Å². The van der Waals surface area contributed by atoms with E-state index in [0.717, 1.165) is 61.5 Å². The van der Waals surface area contributed by atoms with Crippen LogP contribution in [-0.2, 0) is 9.59 Å². The number of fused-ring (bicyclic) bond motifs is 2. The van der Waals surface area contributed by atoms with Crippen LogP contribution in [-0.4, -0.2) is 85.9 Å². The second kappa shape index (κ2) is 16.1. The van der Waals surface area contributed by atoms with Crippen molar-refractivity contribution in [1.82, 2.24) is 20.2 Å². The van der Waals surface area contributed by atoms with Gasteiger partial charge in [-0.15, -0.1) is 0 Å². The highest BCUT2D eigenvalue weighted by atomic mass is 19.4. The van der Waals surface area contributed by atoms with Crippen LogP contribution in [0.1, 0.15) is 80.4 Å². The molecule has 3 aliphatic rings. The number of nitrogens with two attached hydrogens (primary N) is 1. The van der Waals surface area contributed by atoms with Crippen LogP contribution in [0.5, 0.6) is 0 Å². The Kier molecular flexibility index (Phi) is 12.8. The number of aliphatic carboxylic acids is 2. The number of aromatic nitrogens is 2. The number of amides is 1. The lowest BCUT2D eigenvalue weighted by Gasteiger charge is -2.43. The fourth-order valence-corrected chi connectivity index (χ4v) is 6.31. The van der Waals surface area contributed by atoms with Gasteiger partial charge in [-0.05, 0) is 63.5 Å². The molecule has 3 fully saturated rings. The number of piperidine rings is 1. The molecule has 12 nitrogen and oxygen atoms in total. The van der Waals surface area contributed by atoms with Crippen molar-refractivity contribution in [3.8, 4) is 0 Å². The Morgan fingerprint density at radius 3 is 2.00 bits per heavy atom. The maximum absolute atomic E-state index is 13.7. The average molecular weight is 692 g/mol. The first kappa shape index (κ1) is 38.1. The molecule has 0 bridgehead atoms. The zero-order valence-electron chi connectivity index (χ0n) is 26.1. The molecular formula is C30H39F6N7O5. The van der Waals surface area contributed by atoms with Gasteiger partial charge in [0.15, 0.2) is 5.96 Å². The number of nitrogens with zero attached hydrogens (tertiary/aromatic N) is 3. The van der Waals surface area contributed by atoms with Gasteiger partial charge in [-0.25, -0.2) is 19.6 Å². The van der Waals surface area contributed by atoms with Crippen molar-refractivity contribution in [1.29, 1.82) is 5.41 Å². The molecule has 1 aromatic heterocycles. The quantitative estimate of drug-likeness (QED) is 0.141. The minimum absolute atomic E-state index is 0.00917. The Balaban J connectivity index is 0.000000376. The summed E-state index contributed by atoms with van der Waals surface area (Å²) in [6.07, 6.45) is 1.04. The highest BCUT2D eigenvalue weighted by molar-refractivity contribution is 5.97. The molecule has 1 aromatic carbocycles. The maximum Gasteiger partial charge on any atom is 0.490 e. The molecule has 1 aliphatic heterocycles. The second-order valence-electron chi connectivity index (χ2n) is 12.0. The molecule has 266 valence electrons. The first-order valence-electron chi connectivity index (χ1n) is 15.4. The number of carboxylic acid groups (broad SMARTS) is 2. The van der Waals surface area contributed by atoms with Gasteiger partial charge in [0.25, 0.3) is 5.91 Å². The normalized spacial score (nSPS) is 22.5. The number of guanidine groups is 1. The molecule has 2 heterocycles. The largest absolute Gasteiger partial charge is 0.490 e. The minimum atomic E-state index is -5.08. The Morgan fingerprint density at radius 1 is 0.875 bits per heavy atom. The summed E-state index contributed by atoms with van der Waals surface area (Å²) in [5.74, 6) is -3.95. The van der Waals surface area contributed by atoms with Crippen LogP contribution in [0.15, 0.2) is 18.2 Å². The monoisotopic (exact) mass is 691 g/mol. The van der Waals surface area contributed by atoms with E-state index in [9.17, 15) is 31.1 Å². The van der Waals surface area contributed by atoms with Gasteiger partial charge in [-0.3, -0.25) is 10.2 Å². The van der Waals surface area contributed by atoms with Gasteiger partial charge in [0.05, 0.1) is 5.52 Å². The van der Waals surface area contributed by atoms with E-state index in [1.165, 1.54) is 25.7 Å². The number of rotatable bonds is 4. The molecule has 0 radical (unpaired) electrons. The van der Waals surface area contributed by atoms with E-state index in [2.05, 4.69) is 28.5 Å². The smallest absolute Gasteiger partial charge is 0.475 e. The van der Waals surface area contributed by atoms with Crippen LogP contribution in [0, 0.1) is 18.3 Å². The molecule has 2 saturated carbocycles. The number of anilines is 1. The Labute approximate surface area is 272 Å². The molecule has 18 heteroatoms. The molecule has 7 N–H and O–H groups in total. The van der Waals surface area contributed by atoms with Gasteiger partial charge in [0.1, 0.15) is 5.82 Å². The SMILES string of the molecule is Cc1ccc2nc(C(=O)N3CCCC4CCCCC43)nc(NC3CCCCC3NC(=N)N)c2c1.O=C(O)C(F)(F)F.O=C(O)C(F)(F)F. The van der Waals surface area contributed by atoms with E-state index in [0.29, 0.717) is 17.8 Å². The molecular weight excluding hydrogens is 652 g/mol. The van der Waals surface area contributed by atoms with Gasteiger partial charge >= 0.3 is 24.3 Å². The molecule has 4 unspecified atom stereocenters. The third-order valence-corrected chi connectivity index (χ3v) is 8.46. The van der Waals surface area contributed by atoms with Crippen LogP contribution >= 0.6 is 0 Å². The Hall–Kier alpha value is -4.38. The van der Waals surface area contributed by atoms with Gasteiger partial charge in [-0.2, -0.15) is 26.3 Å². The summed E-state index contributed by atoms with van der Waals surface area (Å²) in [5.41, 5.74) is 7.57. The first-order valence-corrected chi connectivity index (χ1v) is 15.4. The van der Waals surface area contributed by atoms with Gasteiger partial charge in [0.2, 0.25) is 5.82 Å². The van der Waals surface area contributed by atoms with Crippen molar-refractivity contribution in [2.45, 2.75) is 102 Å². The second-order valence-corrected chi connectivity index (χ2v) is 12.0. The van der Waals surface area contributed by atoms with E-state index in [4.69, 9.17) is 40.9 Å². The number of nitrogens with one attached hydrogen (secondary N) is 3. The molecule has 4 atom stereocenters. The standard InChI is InChI=1S/C26H37N7O.2C2HF3O2/c1-16-12-13-19-18(15-16)23(30-20-9-3-4-10-21(20)31-26(27)28)32-24(29-19)25(34)33-14-6-8-17-7-2-5-11-22(17)33;2*3-2(4,5)1(6)7/h12-13,15,17,20-22H,2-11,14H2,1H3,(H4,27,28,31)(H,29,30,32);2*(H,6,7). The number of hydrogen-bond donors (Lipinski definition) is 6. The van der Waals surface area contributed by atoms with Crippen molar-refractivity contribution in [2.75, 3.05) is 11.9 Å². The number of hydrogen-bond acceptors (Lipinski definition) is 7. The highest BCUT2D eigenvalue weighted by Gasteiger charge is 2.39. The molecule has 0 spiro atoms. The van der Waals surface area contributed by atoms with Crippen molar-refractivity contribution in [2.24, 2.45) is 11.7 Å². The van der Waals surface area contributed by atoms with E-state index in [1.54, 1.807) is 0 Å². The molecule has 2 aromatic rings. The van der Waals surface area contributed by atoms with Crippen LogP contribution in [0.3, 0.4) is 0 Å². The minimum Gasteiger partial charge on any atom is -0.475 e. The molecule has 1 saturated heterocycles. The summed E-state index contributed by atoms with van der Waals surface area (Å²) < 4.78 is 63.5. The summed E-state index contributed by atoms with van der Waals surface area (Å²) in [7, 11) is 0.